The molecule has 1 saturated heterocycles. The van der Waals surface area contributed by atoms with Crippen LogP contribution < -0.4 is 25.8 Å². The lowest BCUT2D eigenvalue weighted by atomic mass is 10.1. The molecule has 8 nitrogen and oxygen atoms in total. The van der Waals surface area contributed by atoms with Gasteiger partial charge < -0.3 is 24.7 Å². The molecule has 8 heteroatoms. The number of carbonyl (C=O) groups excluding carboxylic acids is 1. The summed E-state index contributed by atoms with van der Waals surface area (Å²) in [7, 11) is 0. The minimum absolute atomic E-state index is 0.0672. The molecule has 0 spiro atoms. The molecule has 0 bridgehead atoms. The third-order valence-electron chi connectivity index (χ3n) is 5.15. The van der Waals surface area contributed by atoms with Crippen molar-refractivity contribution in [3.63, 3.8) is 0 Å². The summed E-state index contributed by atoms with van der Waals surface area (Å²) in [6.45, 7) is 3.54. The number of rotatable bonds is 7. The summed E-state index contributed by atoms with van der Waals surface area (Å²) in [6, 6.07) is 19.2. The van der Waals surface area contributed by atoms with E-state index in [0.29, 0.717) is 31.1 Å². The summed E-state index contributed by atoms with van der Waals surface area (Å²) < 4.78 is 10.8. The first-order chi connectivity index (χ1) is 15.7. The van der Waals surface area contributed by atoms with Gasteiger partial charge in [-0.15, -0.1) is 0 Å². The summed E-state index contributed by atoms with van der Waals surface area (Å²) in [5.74, 6) is -0.0672. The number of ether oxygens (including phenoxy) is 2. The molecule has 1 aliphatic rings. The number of benzene rings is 2. The van der Waals surface area contributed by atoms with Crippen molar-refractivity contribution in [2.45, 2.75) is 6.42 Å². The van der Waals surface area contributed by atoms with E-state index in [1.54, 1.807) is 12.1 Å². The molecular weight excluding hydrogens is 408 g/mol. The lowest BCUT2D eigenvalue weighted by Gasteiger charge is -2.29. The first kappa shape index (κ1) is 21.5. The lowest BCUT2D eigenvalue weighted by molar-refractivity contribution is 0.122. The van der Waals surface area contributed by atoms with Crippen LogP contribution in [0.4, 0.5) is 21.9 Å². The number of nitrogens with zero attached hydrogens (tertiary/aromatic N) is 1. The fourth-order valence-electron chi connectivity index (χ4n) is 3.53. The second-order valence-corrected chi connectivity index (χ2v) is 7.38. The molecule has 0 radical (unpaired) electrons. The van der Waals surface area contributed by atoms with Crippen LogP contribution in [-0.2, 0) is 11.2 Å². The van der Waals surface area contributed by atoms with Crippen molar-refractivity contribution in [3.05, 3.63) is 82.8 Å². The van der Waals surface area contributed by atoms with Crippen LogP contribution in [0.3, 0.4) is 0 Å². The van der Waals surface area contributed by atoms with Crippen LogP contribution in [0.5, 0.6) is 5.75 Å². The summed E-state index contributed by atoms with van der Waals surface area (Å²) in [6.07, 6.45) is 1.56. The van der Waals surface area contributed by atoms with E-state index in [1.807, 2.05) is 48.5 Å². The van der Waals surface area contributed by atoms with Gasteiger partial charge in [-0.2, -0.15) is 0 Å². The molecule has 1 aliphatic heterocycles. The van der Waals surface area contributed by atoms with E-state index in [9.17, 15) is 9.59 Å². The first-order valence-corrected chi connectivity index (χ1v) is 10.6. The maximum Gasteiger partial charge on any atom is 0.417 e. The van der Waals surface area contributed by atoms with Gasteiger partial charge in [0.05, 0.1) is 18.9 Å². The van der Waals surface area contributed by atoms with Crippen LogP contribution in [0, 0.1) is 0 Å². The smallest absolute Gasteiger partial charge is 0.402 e. The van der Waals surface area contributed by atoms with Gasteiger partial charge in [0, 0.05) is 37.2 Å². The summed E-state index contributed by atoms with van der Waals surface area (Å²) >= 11 is 0. The molecule has 3 aromatic rings. The Kier molecular flexibility index (Phi) is 7.04. The van der Waals surface area contributed by atoms with E-state index >= 15 is 0 Å². The van der Waals surface area contributed by atoms with Crippen molar-refractivity contribution in [1.82, 2.24) is 4.98 Å². The van der Waals surface area contributed by atoms with Gasteiger partial charge in [0.2, 0.25) is 5.75 Å². The van der Waals surface area contributed by atoms with Crippen molar-refractivity contribution >= 4 is 23.2 Å². The molecule has 3 N–H and O–H groups in total. The number of aromatic amines is 1. The van der Waals surface area contributed by atoms with Crippen LogP contribution in [0.2, 0.25) is 0 Å². The molecule has 32 heavy (non-hydrogen) atoms. The van der Waals surface area contributed by atoms with Gasteiger partial charge in [-0.05, 0) is 36.2 Å². The Balaban J connectivity index is 1.39. The number of nitrogens with one attached hydrogen (secondary N) is 3. The fourth-order valence-corrected chi connectivity index (χ4v) is 3.53. The molecule has 0 unspecified atom stereocenters. The number of aromatic nitrogens is 1. The van der Waals surface area contributed by atoms with Crippen LogP contribution in [0.15, 0.2) is 71.7 Å². The Morgan fingerprint density at radius 1 is 1.06 bits per heavy atom. The second kappa shape index (κ2) is 10.5. The Bertz CT molecular complexity index is 1090. The predicted molar refractivity (Wildman–Crippen MR) is 125 cm³/mol. The second-order valence-electron chi connectivity index (χ2n) is 7.38. The van der Waals surface area contributed by atoms with E-state index in [-0.39, 0.29) is 5.75 Å². The number of morpholine rings is 1. The number of hydrogen-bond acceptors (Lipinski definition) is 6. The molecule has 1 fully saturated rings. The standard InChI is InChI=1S/C24H26N4O4/c29-23-22(21(10-12-26-23)25-11-9-18-5-2-1-3-6-18)32-24(30)27-19-7-4-8-20(17-19)28-13-15-31-16-14-28/h1-8,10,12,17H,9,11,13-16H2,(H,27,30)(H2,25,26,29). The van der Waals surface area contributed by atoms with Crippen LogP contribution in [0.1, 0.15) is 5.56 Å². The molecular formula is C24H26N4O4. The minimum Gasteiger partial charge on any atom is -0.402 e. The monoisotopic (exact) mass is 434 g/mol. The van der Waals surface area contributed by atoms with Crippen molar-refractivity contribution in [2.75, 3.05) is 48.4 Å². The van der Waals surface area contributed by atoms with Gasteiger partial charge in [-0.25, -0.2) is 4.79 Å². The number of carbonyl (C=O) groups is 1. The van der Waals surface area contributed by atoms with Crippen molar-refractivity contribution in [1.29, 1.82) is 0 Å². The van der Waals surface area contributed by atoms with Crippen LogP contribution in [0.25, 0.3) is 0 Å². The largest absolute Gasteiger partial charge is 0.417 e. The first-order valence-electron chi connectivity index (χ1n) is 10.6. The molecule has 0 aliphatic carbocycles. The number of anilines is 3. The molecule has 4 rings (SSSR count). The zero-order valence-electron chi connectivity index (χ0n) is 17.7. The van der Waals surface area contributed by atoms with Gasteiger partial charge in [0.25, 0.3) is 5.56 Å². The van der Waals surface area contributed by atoms with E-state index in [1.165, 1.54) is 11.8 Å². The highest BCUT2D eigenvalue weighted by atomic mass is 16.6. The van der Waals surface area contributed by atoms with E-state index in [2.05, 4.69) is 20.5 Å². The third kappa shape index (κ3) is 5.67. The maximum atomic E-state index is 12.5. The average Bonchev–Trinajstić information content (AvgIpc) is 2.82. The Morgan fingerprint density at radius 3 is 2.69 bits per heavy atom. The molecule has 2 heterocycles. The molecule has 1 aromatic heterocycles. The van der Waals surface area contributed by atoms with E-state index < -0.39 is 11.7 Å². The molecule has 1 amide bonds. The van der Waals surface area contributed by atoms with E-state index in [4.69, 9.17) is 9.47 Å². The highest BCUT2D eigenvalue weighted by Gasteiger charge is 2.15. The Labute approximate surface area is 186 Å². The maximum absolute atomic E-state index is 12.5. The molecule has 0 saturated carbocycles. The van der Waals surface area contributed by atoms with Gasteiger partial charge in [-0.3, -0.25) is 10.1 Å². The Morgan fingerprint density at radius 2 is 1.88 bits per heavy atom. The number of pyridine rings is 1. The number of H-pyrrole nitrogens is 1. The van der Waals surface area contributed by atoms with Crippen LogP contribution in [-0.4, -0.2) is 43.9 Å². The normalized spacial score (nSPS) is 13.4. The highest BCUT2D eigenvalue weighted by molar-refractivity contribution is 5.87. The van der Waals surface area contributed by atoms with Gasteiger partial charge in [-0.1, -0.05) is 36.4 Å². The summed E-state index contributed by atoms with van der Waals surface area (Å²) in [5, 5.41) is 5.89. The van der Waals surface area contributed by atoms with Crippen molar-refractivity contribution < 1.29 is 14.3 Å². The summed E-state index contributed by atoms with van der Waals surface area (Å²) in [5.41, 5.74) is 2.73. The quantitative estimate of drug-likeness (QED) is 0.527. The predicted octanol–water partition coefficient (Wildman–Crippen LogP) is 3.48. The fraction of sp³-hybridized carbons (Fsp3) is 0.250. The van der Waals surface area contributed by atoms with Gasteiger partial charge >= 0.3 is 6.09 Å². The zero-order chi connectivity index (χ0) is 22.2. The van der Waals surface area contributed by atoms with Gasteiger partial charge in [0.15, 0.2) is 0 Å². The molecule has 0 atom stereocenters. The lowest BCUT2D eigenvalue weighted by Crippen LogP contribution is -2.36. The third-order valence-corrected chi connectivity index (χ3v) is 5.15. The number of hydrogen-bond donors (Lipinski definition) is 3. The van der Waals surface area contributed by atoms with Crippen molar-refractivity contribution in [2.24, 2.45) is 0 Å². The van der Waals surface area contributed by atoms with Crippen LogP contribution >= 0.6 is 0 Å². The molecule has 166 valence electrons. The van der Waals surface area contributed by atoms with Crippen molar-refractivity contribution in [3.8, 4) is 5.75 Å². The highest BCUT2D eigenvalue weighted by Crippen LogP contribution is 2.22. The number of amides is 1. The SMILES string of the molecule is O=C(Nc1cccc(N2CCOCC2)c1)Oc1c(NCCc2ccccc2)cc[nH]c1=O. The zero-order valence-corrected chi connectivity index (χ0v) is 17.7. The topological polar surface area (TPSA) is 95.7 Å². The molecule has 2 aromatic carbocycles. The van der Waals surface area contributed by atoms with Gasteiger partial charge in [0.1, 0.15) is 0 Å². The summed E-state index contributed by atoms with van der Waals surface area (Å²) in [4.78, 5) is 29.6. The average molecular weight is 434 g/mol. The van der Waals surface area contributed by atoms with E-state index in [0.717, 1.165) is 25.2 Å². The Hall–Kier alpha value is -3.78. The minimum atomic E-state index is -0.730.